The molecule has 2 N–H and O–H groups in total. The molecule has 0 heterocycles. The molecule has 0 bridgehead atoms. The Morgan fingerprint density at radius 3 is 2.37 bits per heavy atom. The average Bonchev–Trinajstić information content (AvgIpc) is 2.61. The van der Waals surface area contributed by atoms with Gasteiger partial charge in [-0.3, -0.25) is 9.52 Å². The number of nitrogens with one attached hydrogen (secondary N) is 2. The van der Waals surface area contributed by atoms with Crippen LogP contribution in [0, 0.1) is 12.8 Å². The fraction of sp³-hybridized carbons (Fsp3) is 0.350. The third-order valence-corrected chi connectivity index (χ3v) is 5.96. The van der Waals surface area contributed by atoms with Crippen LogP contribution in [0.1, 0.15) is 36.7 Å². The van der Waals surface area contributed by atoms with Crippen molar-refractivity contribution in [2.45, 2.75) is 38.6 Å². The first-order valence-corrected chi connectivity index (χ1v) is 10.2. The third-order valence-electron chi connectivity index (χ3n) is 4.45. The zero-order valence-electron chi connectivity index (χ0n) is 16.2. The first kappa shape index (κ1) is 20.8. The van der Waals surface area contributed by atoms with Crippen molar-refractivity contribution in [3.05, 3.63) is 53.6 Å². The second-order valence-electron chi connectivity index (χ2n) is 6.79. The first-order valence-electron chi connectivity index (χ1n) is 8.73. The van der Waals surface area contributed by atoms with Crippen LogP contribution in [0.15, 0.2) is 47.4 Å². The molecular formula is C20H26N2O4S. The topological polar surface area (TPSA) is 84.5 Å². The highest BCUT2D eigenvalue weighted by Crippen LogP contribution is 2.27. The molecule has 0 aliphatic carbocycles. The van der Waals surface area contributed by atoms with Crippen molar-refractivity contribution >= 4 is 21.6 Å². The van der Waals surface area contributed by atoms with E-state index in [2.05, 4.69) is 10.0 Å². The summed E-state index contributed by atoms with van der Waals surface area (Å²) in [5, 5.41) is 2.89. The van der Waals surface area contributed by atoms with Crippen molar-refractivity contribution in [3.63, 3.8) is 0 Å². The predicted molar refractivity (Wildman–Crippen MR) is 107 cm³/mol. The Balaban J connectivity index is 2.35. The fourth-order valence-corrected chi connectivity index (χ4v) is 3.76. The zero-order chi connectivity index (χ0) is 20.2. The zero-order valence-corrected chi connectivity index (χ0v) is 17.1. The van der Waals surface area contributed by atoms with E-state index in [1.54, 1.807) is 43.3 Å². The van der Waals surface area contributed by atoms with Crippen LogP contribution in [-0.2, 0) is 10.0 Å². The molecule has 0 fully saturated rings. The van der Waals surface area contributed by atoms with Gasteiger partial charge in [-0.2, -0.15) is 0 Å². The molecule has 2 aromatic carbocycles. The van der Waals surface area contributed by atoms with E-state index in [4.69, 9.17) is 4.74 Å². The molecule has 146 valence electrons. The maximum absolute atomic E-state index is 12.9. The molecule has 0 spiro atoms. The quantitative estimate of drug-likeness (QED) is 0.757. The number of carbonyl (C=O) groups excluding carboxylic acids is 1. The molecule has 0 aliphatic heterocycles. The largest absolute Gasteiger partial charge is 0.495 e. The number of hydrogen-bond donors (Lipinski definition) is 2. The maximum atomic E-state index is 12.9. The van der Waals surface area contributed by atoms with Gasteiger partial charge in [0.25, 0.3) is 15.9 Å². The summed E-state index contributed by atoms with van der Waals surface area (Å²) < 4.78 is 33.5. The minimum atomic E-state index is -3.89. The Kier molecular flexibility index (Phi) is 6.49. The van der Waals surface area contributed by atoms with Crippen molar-refractivity contribution in [2.75, 3.05) is 11.8 Å². The van der Waals surface area contributed by atoms with Crippen LogP contribution in [-0.4, -0.2) is 27.5 Å². The van der Waals surface area contributed by atoms with Gasteiger partial charge in [0.1, 0.15) is 5.75 Å². The van der Waals surface area contributed by atoms with E-state index in [0.29, 0.717) is 22.6 Å². The summed E-state index contributed by atoms with van der Waals surface area (Å²) in [6.07, 6.45) is 0. The average molecular weight is 391 g/mol. The van der Waals surface area contributed by atoms with Crippen LogP contribution < -0.4 is 14.8 Å². The number of rotatable bonds is 7. The van der Waals surface area contributed by atoms with Gasteiger partial charge in [0.15, 0.2) is 0 Å². The van der Waals surface area contributed by atoms with E-state index < -0.39 is 10.0 Å². The normalized spacial score (nSPS) is 12.5. The van der Waals surface area contributed by atoms with Crippen molar-refractivity contribution in [2.24, 2.45) is 5.92 Å². The molecule has 1 unspecified atom stereocenters. The number of ether oxygens (including phenoxy) is 1. The van der Waals surface area contributed by atoms with Crippen molar-refractivity contribution in [3.8, 4) is 5.75 Å². The van der Waals surface area contributed by atoms with Gasteiger partial charge in [0.05, 0.1) is 17.7 Å². The molecule has 6 nitrogen and oxygen atoms in total. The van der Waals surface area contributed by atoms with Gasteiger partial charge in [-0.25, -0.2) is 8.42 Å². The Morgan fingerprint density at radius 1 is 1.07 bits per heavy atom. The van der Waals surface area contributed by atoms with Crippen LogP contribution in [0.2, 0.25) is 0 Å². The standard InChI is InChI=1S/C20H26N2O4S/c1-13(2)15(4)21-20(23)16-11-10-14(3)19(12-16)27(24,25)22-17-8-6-7-9-18(17)26-5/h6-13,15,22H,1-5H3,(H,21,23). The first-order chi connectivity index (χ1) is 12.7. The summed E-state index contributed by atoms with van der Waals surface area (Å²) in [5.74, 6) is 0.387. The van der Waals surface area contributed by atoms with Gasteiger partial charge in [-0.05, 0) is 49.6 Å². The van der Waals surface area contributed by atoms with Crippen LogP contribution >= 0.6 is 0 Å². The van der Waals surface area contributed by atoms with Gasteiger partial charge >= 0.3 is 0 Å². The Morgan fingerprint density at radius 2 is 1.74 bits per heavy atom. The monoisotopic (exact) mass is 390 g/mol. The van der Waals surface area contributed by atoms with Gasteiger partial charge in [-0.15, -0.1) is 0 Å². The van der Waals surface area contributed by atoms with E-state index in [1.165, 1.54) is 13.2 Å². The van der Waals surface area contributed by atoms with E-state index >= 15 is 0 Å². The van der Waals surface area contributed by atoms with E-state index in [9.17, 15) is 13.2 Å². The van der Waals surface area contributed by atoms with Gasteiger partial charge in [0.2, 0.25) is 0 Å². The molecule has 2 aromatic rings. The van der Waals surface area contributed by atoms with Crippen LogP contribution in [0.5, 0.6) is 5.75 Å². The number of methoxy groups -OCH3 is 1. The highest BCUT2D eigenvalue weighted by Gasteiger charge is 2.21. The number of sulfonamides is 1. The van der Waals surface area contributed by atoms with Gasteiger partial charge < -0.3 is 10.1 Å². The van der Waals surface area contributed by atoms with E-state index in [0.717, 1.165) is 0 Å². The third kappa shape index (κ3) is 5.01. The van der Waals surface area contributed by atoms with Crippen molar-refractivity contribution in [1.82, 2.24) is 5.32 Å². The number of para-hydroxylation sites is 2. The highest BCUT2D eigenvalue weighted by atomic mass is 32.2. The van der Waals surface area contributed by atoms with E-state index in [-0.39, 0.29) is 22.8 Å². The van der Waals surface area contributed by atoms with E-state index in [1.807, 2.05) is 20.8 Å². The SMILES string of the molecule is COc1ccccc1NS(=O)(=O)c1cc(C(=O)NC(C)C(C)C)ccc1C. The summed E-state index contributed by atoms with van der Waals surface area (Å²) in [7, 11) is -2.42. The van der Waals surface area contributed by atoms with Crippen LogP contribution in [0.3, 0.4) is 0 Å². The number of carbonyl (C=O) groups is 1. The second kappa shape index (κ2) is 8.43. The molecule has 0 saturated carbocycles. The summed E-state index contributed by atoms with van der Waals surface area (Å²) in [5.41, 5.74) is 1.18. The smallest absolute Gasteiger partial charge is 0.262 e. The molecular weight excluding hydrogens is 364 g/mol. The minimum absolute atomic E-state index is 0.0226. The number of hydrogen-bond acceptors (Lipinski definition) is 4. The number of amides is 1. The number of benzene rings is 2. The molecule has 0 saturated heterocycles. The van der Waals surface area contributed by atoms with Crippen LogP contribution in [0.4, 0.5) is 5.69 Å². The summed E-state index contributed by atoms with van der Waals surface area (Å²) in [6.45, 7) is 7.62. The highest BCUT2D eigenvalue weighted by molar-refractivity contribution is 7.92. The van der Waals surface area contributed by atoms with Gasteiger partial charge in [0, 0.05) is 11.6 Å². The molecule has 2 rings (SSSR count). The summed E-state index contributed by atoms with van der Waals surface area (Å²) in [4.78, 5) is 12.5. The molecule has 0 aliphatic rings. The molecule has 0 radical (unpaired) electrons. The fourth-order valence-electron chi connectivity index (χ4n) is 2.42. The van der Waals surface area contributed by atoms with Crippen molar-refractivity contribution < 1.29 is 17.9 Å². The Labute approximate surface area is 161 Å². The molecule has 27 heavy (non-hydrogen) atoms. The lowest BCUT2D eigenvalue weighted by atomic mass is 10.1. The van der Waals surface area contributed by atoms with Gasteiger partial charge in [-0.1, -0.05) is 32.0 Å². The lowest BCUT2D eigenvalue weighted by molar-refractivity contribution is 0.0930. The second-order valence-corrected chi connectivity index (χ2v) is 8.44. The molecule has 0 aromatic heterocycles. The number of aryl methyl sites for hydroxylation is 1. The molecule has 1 atom stereocenters. The minimum Gasteiger partial charge on any atom is -0.495 e. The van der Waals surface area contributed by atoms with Crippen LogP contribution in [0.25, 0.3) is 0 Å². The molecule has 7 heteroatoms. The Bertz CT molecular complexity index is 923. The van der Waals surface area contributed by atoms with Crippen molar-refractivity contribution in [1.29, 1.82) is 0 Å². The summed E-state index contributed by atoms with van der Waals surface area (Å²) >= 11 is 0. The molecule has 1 amide bonds. The lowest BCUT2D eigenvalue weighted by Gasteiger charge is -2.18. The lowest BCUT2D eigenvalue weighted by Crippen LogP contribution is -2.36. The predicted octanol–water partition coefficient (Wildman–Crippen LogP) is 3.58. The summed E-state index contributed by atoms with van der Waals surface area (Å²) in [6, 6.07) is 11.4. The number of anilines is 1. The maximum Gasteiger partial charge on any atom is 0.262 e. The Hall–Kier alpha value is -2.54.